The fraction of sp³-hybridized carbons (Fsp3) is 0.200. The minimum atomic E-state index is -0.834. The molecule has 0 amide bonds. The van der Waals surface area contributed by atoms with E-state index in [1.807, 2.05) is 18.2 Å². The summed E-state index contributed by atoms with van der Waals surface area (Å²) in [5.74, 6) is -0.834. The maximum atomic E-state index is 13.6. The molecule has 0 saturated carbocycles. The number of hydrogen-bond acceptors (Lipinski definition) is 3. The number of anilines is 1. The van der Waals surface area contributed by atoms with E-state index >= 15 is 0 Å². The Morgan fingerprint density at radius 1 is 1.29 bits per heavy atom. The second kappa shape index (κ2) is 5.33. The number of aryl methyl sites for hydroxylation is 1. The minimum Gasteiger partial charge on any atom is -0.378 e. The lowest BCUT2D eigenvalue weighted by atomic mass is 10.1. The van der Waals surface area contributed by atoms with Crippen LogP contribution in [-0.2, 0) is 6.42 Å². The van der Waals surface area contributed by atoms with Crippen LogP contribution in [0.1, 0.15) is 23.6 Å². The SMILES string of the molecule is O=[N+]([O-])c1ccc(NC2CCc3cc(Cl)ccc32)cc1F. The minimum absolute atomic E-state index is 0.0677. The molecule has 0 saturated heterocycles. The number of halogens is 2. The molecule has 1 aliphatic rings. The van der Waals surface area contributed by atoms with E-state index in [9.17, 15) is 14.5 Å². The molecule has 2 aromatic rings. The molecule has 1 atom stereocenters. The van der Waals surface area contributed by atoms with Gasteiger partial charge in [-0.15, -0.1) is 0 Å². The van der Waals surface area contributed by atoms with Gasteiger partial charge < -0.3 is 5.32 Å². The highest BCUT2D eigenvalue weighted by molar-refractivity contribution is 6.30. The molecule has 0 spiro atoms. The normalized spacial score (nSPS) is 16.6. The Morgan fingerprint density at radius 3 is 2.81 bits per heavy atom. The molecular weight excluding hydrogens is 295 g/mol. The molecule has 2 aromatic carbocycles. The quantitative estimate of drug-likeness (QED) is 0.671. The van der Waals surface area contributed by atoms with Gasteiger partial charge in [0.2, 0.25) is 5.82 Å². The maximum absolute atomic E-state index is 13.6. The van der Waals surface area contributed by atoms with Crippen molar-refractivity contribution in [2.24, 2.45) is 0 Å². The van der Waals surface area contributed by atoms with Crippen LogP contribution in [0.15, 0.2) is 36.4 Å². The first-order valence-corrected chi connectivity index (χ1v) is 6.91. The Labute approximate surface area is 125 Å². The van der Waals surface area contributed by atoms with Crippen molar-refractivity contribution >= 4 is 23.0 Å². The van der Waals surface area contributed by atoms with E-state index in [0.717, 1.165) is 24.5 Å². The van der Waals surface area contributed by atoms with Crippen molar-refractivity contribution in [2.75, 3.05) is 5.32 Å². The van der Waals surface area contributed by atoms with Crippen LogP contribution in [0.4, 0.5) is 15.8 Å². The van der Waals surface area contributed by atoms with Gasteiger partial charge in [0.05, 0.1) is 11.0 Å². The van der Waals surface area contributed by atoms with Crippen molar-refractivity contribution in [2.45, 2.75) is 18.9 Å². The standard InChI is InChI=1S/C15H12ClFN2O2/c16-10-2-4-12-9(7-10)1-5-14(12)18-11-3-6-15(19(20)21)13(17)8-11/h2-4,6-8,14,18H,1,5H2. The summed E-state index contributed by atoms with van der Waals surface area (Å²) in [6.07, 6.45) is 1.79. The zero-order valence-electron chi connectivity index (χ0n) is 11.0. The summed E-state index contributed by atoms with van der Waals surface area (Å²) in [6, 6.07) is 9.66. The summed E-state index contributed by atoms with van der Waals surface area (Å²) in [5, 5.41) is 14.5. The van der Waals surface area contributed by atoms with E-state index in [1.54, 1.807) is 0 Å². The second-order valence-corrected chi connectivity index (χ2v) is 5.44. The van der Waals surface area contributed by atoms with Crippen LogP contribution in [0.2, 0.25) is 5.02 Å². The monoisotopic (exact) mass is 306 g/mol. The first-order chi connectivity index (χ1) is 10.0. The largest absolute Gasteiger partial charge is 0.378 e. The lowest BCUT2D eigenvalue weighted by molar-refractivity contribution is -0.387. The lowest BCUT2D eigenvalue weighted by Gasteiger charge is -2.15. The molecule has 1 N–H and O–H groups in total. The van der Waals surface area contributed by atoms with Crippen molar-refractivity contribution in [3.63, 3.8) is 0 Å². The molecule has 21 heavy (non-hydrogen) atoms. The van der Waals surface area contributed by atoms with Gasteiger partial charge in [-0.05, 0) is 42.2 Å². The van der Waals surface area contributed by atoms with Crippen molar-refractivity contribution in [3.05, 3.63) is 68.5 Å². The summed E-state index contributed by atoms with van der Waals surface area (Å²) in [7, 11) is 0. The highest BCUT2D eigenvalue weighted by Crippen LogP contribution is 2.35. The molecule has 6 heteroatoms. The number of nitro benzene ring substituents is 1. The van der Waals surface area contributed by atoms with Crippen LogP contribution in [-0.4, -0.2) is 4.92 Å². The van der Waals surface area contributed by atoms with Gasteiger partial charge in [-0.1, -0.05) is 17.7 Å². The molecule has 0 bridgehead atoms. The number of benzene rings is 2. The topological polar surface area (TPSA) is 55.2 Å². The first kappa shape index (κ1) is 13.8. The van der Waals surface area contributed by atoms with Crippen molar-refractivity contribution in [3.8, 4) is 0 Å². The summed E-state index contributed by atoms with van der Waals surface area (Å²) >= 11 is 5.97. The first-order valence-electron chi connectivity index (χ1n) is 6.53. The van der Waals surface area contributed by atoms with Gasteiger partial charge in [0.1, 0.15) is 0 Å². The van der Waals surface area contributed by atoms with Crippen molar-refractivity contribution < 1.29 is 9.31 Å². The zero-order chi connectivity index (χ0) is 15.0. The molecule has 0 radical (unpaired) electrons. The van der Waals surface area contributed by atoms with E-state index in [4.69, 9.17) is 11.6 Å². The highest BCUT2D eigenvalue weighted by Gasteiger charge is 2.23. The van der Waals surface area contributed by atoms with E-state index < -0.39 is 16.4 Å². The van der Waals surface area contributed by atoms with Crippen LogP contribution in [0.5, 0.6) is 0 Å². The average Bonchev–Trinajstić information content (AvgIpc) is 2.80. The van der Waals surface area contributed by atoms with Crippen LogP contribution >= 0.6 is 11.6 Å². The smallest absolute Gasteiger partial charge is 0.304 e. The Bertz CT molecular complexity index is 721. The average molecular weight is 307 g/mol. The number of nitro groups is 1. The Balaban J connectivity index is 1.83. The number of rotatable bonds is 3. The van der Waals surface area contributed by atoms with E-state index in [-0.39, 0.29) is 6.04 Å². The molecular formula is C15H12ClFN2O2. The third-order valence-electron chi connectivity index (χ3n) is 3.67. The summed E-state index contributed by atoms with van der Waals surface area (Å²) in [4.78, 5) is 9.88. The molecule has 0 heterocycles. The third-order valence-corrected chi connectivity index (χ3v) is 3.90. The summed E-state index contributed by atoms with van der Waals surface area (Å²) in [6.45, 7) is 0. The molecule has 0 aromatic heterocycles. The van der Waals surface area contributed by atoms with Crippen LogP contribution in [0.3, 0.4) is 0 Å². The Morgan fingerprint density at radius 2 is 2.10 bits per heavy atom. The predicted octanol–water partition coefficient (Wildman–Crippen LogP) is 4.49. The van der Waals surface area contributed by atoms with Gasteiger partial charge in [-0.3, -0.25) is 10.1 Å². The fourth-order valence-electron chi connectivity index (χ4n) is 2.68. The molecule has 0 fully saturated rings. The fourth-order valence-corrected chi connectivity index (χ4v) is 2.88. The molecule has 108 valence electrons. The molecule has 1 aliphatic carbocycles. The zero-order valence-corrected chi connectivity index (χ0v) is 11.7. The van der Waals surface area contributed by atoms with Crippen LogP contribution in [0.25, 0.3) is 0 Å². The van der Waals surface area contributed by atoms with Gasteiger partial charge in [-0.25, -0.2) is 0 Å². The van der Waals surface area contributed by atoms with E-state index in [2.05, 4.69) is 5.32 Å². The van der Waals surface area contributed by atoms with Gasteiger partial charge in [0.15, 0.2) is 0 Å². The molecule has 1 unspecified atom stereocenters. The lowest BCUT2D eigenvalue weighted by Crippen LogP contribution is -2.07. The number of nitrogens with zero attached hydrogens (tertiary/aromatic N) is 1. The highest BCUT2D eigenvalue weighted by atomic mass is 35.5. The van der Waals surface area contributed by atoms with Crippen LogP contribution in [0, 0.1) is 15.9 Å². The number of fused-ring (bicyclic) bond motifs is 1. The van der Waals surface area contributed by atoms with E-state index in [1.165, 1.54) is 17.7 Å². The van der Waals surface area contributed by atoms with Gasteiger partial charge in [-0.2, -0.15) is 4.39 Å². The third kappa shape index (κ3) is 2.69. The summed E-state index contributed by atoms with van der Waals surface area (Å²) < 4.78 is 13.6. The molecule has 0 aliphatic heterocycles. The Kier molecular flexibility index (Phi) is 3.51. The van der Waals surface area contributed by atoms with E-state index in [0.29, 0.717) is 10.7 Å². The van der Waals surface area contributed by atoms with Gasteiger partial charge >= 0.3 is 5.69 Å². The summed E-state index contributed by atoms with van der Waals surface area (Å²) in [5.41, 5.74) is 2.34. The van der Waals surface area contributed by atoms with Crippen molar-refractivity contribution in [1.82, 2.24) is 0 Å². The molecule has 4 nitrogen and oxygen atoms in total. The predicted molar refractivity (Wildman–Crippen MR) is 79.2 cm³/mol. The Hall–Kier alpha value is -2.14. The van der Waals surface area contributed by atoms with Gasteiger partial charge in [0, 0.05) is 22.8 Å². The van der Waals surface area contributed by atoms with Crippen LogP contribution < -0.4 is 5.32 Å². The maximum Gasteiger partial charge on any atom is 0.304 e. The number of hydrogen-bond donors (Lipinski definition) is 1. The van der Waals surface area contributed by atoms with Gasteiger partial charge in [0.25, 0.3) is 0 Å². The van der Waals surface area contributed by atoms with Crippen molar-refractivity contribution in [1.29, 1.82) is 0 Å². The number of nitrogens with one attached hydrogen (secondary N) is 1. The molecule has 3 rings (SSSR count). The second-order valence-electron chi connectivity index (χ2n) is 5.00.